The zero-order valence-electron chi connectivity index (χ0n) is 11.6. The Kier molecular flexibility index (Phi) is 3.82. The average molecular weight is 326 g/mol. The van der Waals surface area contributed by atoms with Gasteiger partial charge in [-0.05, 0) is 6.92 Å². The second-order valence-corrected chi connectivity index (χ2v) is 5.79. The summed E-state index contributed by atoms with van der Waals surface area (Å²) < 4.78 is 20.8. The van der Waals surface area contributed by atoms with Crippen LogP contribution in [0.15, 0.2) is 17.6 Å². The molecule has 0 bridgehead atoms. The molecule has 7 heteroatoms. The zero-order chi connectivity index (χ0) is 15.0. The maximum Gasteiger partial charge on any atom is 0.167 e. The molecule has 0 aliphatic heterocycles. The normalized spacial score (nSPS) is 11.2. The lowest BCUT2D eigenvalue weighted by molar-refractivity contribution is 0.387. The lowest BCUT2D eigenvalue weighted by Gasteiger charge is -2.08. The number of thiazole rings is 1. The minimum atomic E-state index is -0.426. The van der Waals surface area contributed by atoms with Crippen LogP contribution in [-0.4, -0.2) is 21.6 Å². The first kappa shape index (κ1) is 14.3. The first-order chi connectivity index (χ1) is 10.1. The van der Waals surface area contributed by atoms with Gasteiger partial charge in [-0.3, -0.25) is 0 Å². The molecule has 0 N–H and O–H groups in total. The lowest BCUT2D eigenvalue weighted by atomic mass is 10.2. The number of halogens is 2. The Morgan fingerprint density at radius 2 is 2.24 bits per heavy atom. The third-order valence-corrected chi connectivity index (χ3v) is 4.53. The Morgan fingerprint density at radius 1 is 1.43 bits per heavy atom. The number of benzene rings is 1. The second-order valence-electron chi connectivity index (χ2n) is 4.58. The van der Waals surface area contributed by atoms with Gasteiger partial charge in [0.2, 0.25) is 0 Å². The van der Waals surface area contributed by atoms with Crippen LogP contribution in [0.3, 0.4) is 0 Å². The number of hydrogen-bond acceptors (Lipinski definition) is 4. The highest BCUT2D eigenvalue weighted by molar-refractivity contribution is 7.09. The maximum absolute atomic E-state index is 13.8. The number of rotatable bonds is 4. The van der Waals surface area contributed by atoms with Crippen molar-refractivity contribution in [3.05, 3.63) is 39.9 Å². The molecule has 2 aromatic heterocycles. The molecule has 1 aromatic carbocycles. The molecule has 4 nitrogen and oxygen atoms in total. The Morgan fingerprint density at radius 3 is 2.86 bits per heavy atom. The van der Waals surface area contributed by atoms with Crippen LogP contribution in [0.1, 0.15) is 16.4 Å². The average Bonchev–Trinajstić information content (AvgIpc) is 3.02. The van der Waals surface area contributed by atoms with E-state index in [2.05, 4.69) is 9.97 Å². The Hall–Kier alpha value is -1.66. The van der Waals surface area contributed by atoms with Gasteiger partial charge in [0.1, 0.15) is 5.82 Å². The molecule has 0 unspecified atom stereocenters. The van der Waals surface area contributed by atoms with Crippen molar-refractivity contribution in [2.75, 3.05) is 7.11 Å². The number of aryl methyl sites for hydroxylation is 1. The summed E-state index contributed by atoms with van der Waals surface area (Å²) in [6.07, 6.45) is 0. The molecule has 3 rings (SSSR count). The minimum absolute atomic E-state index is 0.200. The lowest BCUT2D eigenvalue weighted by Crippen LogP contribution is -2.04. The summed E-state index contributed by atoms with van der Waals surface area (Å²) in [6.45, 7) is 2.58. The van der Waals surface area contributed by atoms with Gasteiger partial charge in [0.25, 0.3) is 0 Å². The van der Waals surface area contributed by atoms with Crippen LogP contribution < -0.4 is 4.74 Å². The highest BCUT2D eigenvalue weighted by Crippen LogP contribution is 2.27. The van der Waals surface area contributed by atoms with Gasteiger partial charge in [-0.2, -0.15) is 0 Å². The Bertz CT molecular complexity index is 799. The predicted molar refractivity (Wildman–Crippen MR) is 81.8 cm³/mol. The van der Waals surface area contributed by atoms with Crippen LogP contribution >= 0.6 is 22.9 Å². The van der Waals surface area contributed by atoms with Gasteiger partial charge in [-0.25, -0.2) is 14.4 Å². The molecule has 0 aliphatic carbocycles. The maximum atomic E-state index is 13.8. The third kappa shape index (κ3) is 2.49. The molecular weight excluding hydrogens is 313 g/mol. The molecule has 0 aliphatic rings. The van der Waals surface area contributed by atoms with E-state index < -0.39 is 5.82 Å². The molecule has 0 atom stereocenters. The van der Waals surface area contributed by atoms with Gasteiger partial charge in [0.05, 0.1) is 41.8 Å². The van der Waals surface area contributed by atoms with Crippen molar-refractivity contribution in [1.29, 1.82) is 0 Å². The van der Waals surface area contributed by atoms with E-state index in [1.54, 1.807) is 17.4 Å². The highest BCUT2D eigenvalue weighted by atomic mass is 35.5. The number of aromatic nitrogens is 3. The number of fused-ring (bicyclic) bond motifs is 1. The fourth-order valence-corrected chi connectivity index (χ4v) is 3.20. The van der Waals surface area contributed by atoms with Crippen molar-refractivity contribution < 1.29 is 9.13 Å². The summed E-state index contributed by atoms with van der Waals surface area (Å²) >= 11 is 7.56. The van der Waals surface area contributed by atoms with Crippen molar-refractivity contribution in [3.8, 4) is 5.75 Å². The summed E-state index contributed by atoms with van der Waals surface area (Å²) in [4.78, 5) is 9.77. The number of nitrogens with zero attached hydrogens (tertiary/aromatic N) is 3. The number of imidazole rings is 1. The quantitative estimate of drug-likeness (QED) is 0.686. The second kappa shape index (κ2) is 5.61. The van der Waals surface area contributed by atoms with Crippen molar-refractivity contribution in [2.45, 2.75) is 19.3 Å². The van der Waals surface area contributed by atoms with E-state index in [4.69, 9.17) is 16.3 Å². The van der Waals surface area contributed by atoms with E-state index in [-0.39, 0.29) is 11.6 Å². The number of methoxy groups -OCH3 is 1. The molecule has 2 heterocycles. The minimum Gasteiger partial charge on any atom is -0.494 e. The summed E-state index contributed by atoms with van der Waals surface area (Å²) in [6, 6.07) is 3.03. The Balaban J connectivity index is 2.17. The van der Waals surface area contributed by atoms with E-state index in [9.17, 15) is 4.39 Å². The van der Waals surface area contributed by atoms with Gasteiger partial charge in [0, 0.05) is 17.0 Å². The van der Waals surface area contributed by atoms with Crippen LogP contribution in [0.2, 0.25) is 0 Å². The van der Waals surface area contributed by atoms with Crippen LogP contribution in [0.4, 0.5) is 4.39 Å². The molecule has 110 valence electrons. The monoisotopic (exact) mass is 325 g/mol. The van der Waals surface area contributed by atoms with Crippen molar-refractivity contribution in [2.24, 2.45) is 0 Å². The van der Waals surface area contributed by atoms with Crippen molar-refractivity contribution in [3.63, 3.8) is 0 Å². The molecule has 0 spiro atoms. The van der Waals surface area contributed by atoms with E-state index in [1.807, 2.05) is 17.0 Å². The van der Waals surface area contributed by atoms with Crippen LogP contribution in [0, 0.1) is 12.7 Å². The summed E-state index contributed by atoms with van der Waals surface area (Å²) in [5.74, 6) is 0.735. The van der Waals surface area contributed by atoms with Gasteiger partial charge >= 0.3 is 0 Å². The summed E-state index contributed by atoms with van der Waals surface area (Å²) in [7, 11) is 1.45. The molecule has 0 amide bonds. The van der Waals surface area contributed by atoms with Gasteiger partial charge in [0.15, 0.2) is 11.6 Å². The standard InChI is InChI=1S/C14H13ClFN3OS/c1-8-13(21-7-17-8)6-19-11-4-12(20-2)9(16)3-10(11)18-14(19)5-15/h3-4,7H,5-6H2,1-2H3. The van der Waals surface area contributed by atoms with Gasteiger partial charge in [-0.1, -0.05) is 0 Å². The van der Waals surface area contributed by atoms with Crippen LogP contribution in [0.5, 0.6) is 5.75 Å². The SMILES string of the molecule is COc1cc2c(cc1F)nc(CCl)n2Cc1scnc1C. The fourth-order valence-electron chi connectivity index (χ4n) is 2.23. The summed E-state index contributed by atoms with van der Waals surface area (Å²) in [5, 5.41) is 0. The van der Waals surface area contributed by atoms with Crippen molar-refractivity contribution in [1.82, 2.24) is 14.5 Å². The summed E-state index contributed by atoms with van der Waals surface area (Å²) in [5.41, 5.74) is 4.17. The molecule has 3 aromatic rings. The van der Waals surface area contributed by atoms with E-state index >= 15 is 0 Å². The van der Waals surface area contributed by atoms with Gasteiger partial charge in [-0.15, -0.1) is 22.9 Å². The molecule has 0 saturated carbocycles. The van der Waals surface area contributed by atoms with E-state index in [1.165, 1.54) is 13.2 Å². The van der Waals surface area contributed by atoms with E-state index in [0.29, 0.717) is 17.9 Å². The highest BCUT2D eigenvalue weighted by Gasteiger charge is 2.15. The molecule has 0 saturated heterocycles. The number of hydrogen-bond donors (Lipinski definition) is 0. The smallest absolute Gasteiger partial charge is 0.167 e. The third-order valence-electron chi connectivity index (χ3n) is 3.37. The van der Waals surface area contributed by atoms with Crippen molar-refractivity contribution >= 4 is 34.0 Å². The van der Waals surface area contributed by atoms with Crippen LogP contribution in [-0.2, 0) is 12.4 Å². The topological polar surface area (TPSA) is 39.9 Å². The van der Waals surface area contributed by atoms with Crippen LogP contribution in [0.25, 0.3) is 11.0 Å². The largest absolute Gasteiger partial charge is 0.494 e. The van der Waals surface area contributed by atoms with Gasteiger partial charge < -0.3 is 9.30 Å². The number of ether oxygens (including phenoxy) is 1. The molecule has 0 fully saturated rings. The predicted octanol–water partition coefficient (Wildman–Crippen LogP) is 3.74. The zero-order valence-corrected chi connectivity index (χ0v) is 13.1. The first-order valence-corrected chi connectivity index (χ1v) is 7.73. The molecule has 0 radical (unpaired) electrons. The molecular formula is C14H13ClFN3OS. The van der Waals surface area contributed by atoms with E-state index in [0.717, 1.165) is 16.1 Å². The Labute approximate surface area is 130 Å². The number of alkyl halides is 1. The fraction of sp³-hybridized carbons (Fsp3) is 0.286. The first-order valence-electron chi connectivity index (χ1n) is 6.31. The molecule has 21 heavy (non-hydrogen) atoms.